The quantitative estimate of drug-likeness (QED) is 0.217. The van der Waals surface area contributed by atoms with Gasteiger partial charge in [-0.3, -0.25) is 4.79 Å². The monoisotopic (exact) mass is 460 g/mol. The van der Waals surface area contributed by atoms with E-state index >= 15 is 0 Å². The largest absolute Gasteiger partial charge is 0.465 e. The molecule has 0 unspecified atom stereocenters. The van der Waals surface area contributed by atoms with E-state index in [0.29, 0.717) is 0 Å². The standard InChI is InChI=1S/C22H27F3O7/c1-15(26)31-11-16-9-10-17(19(16)13-30-14-28-2)12-32-20(27)21(29-3,22(23,24)25)18-7-5-4-6-8-18/h4-10,16-17,19H,11-14H2,1-3H3/t16-,17+,19-,21+/m0/s1. The van der Waals surface area contributed by atoms with Crippen molar-refractivity contribution in [1.82, 2.24) is 0 Å². The minimum Gasteiger partial charge on any atom is -0.465 e. The van der Waals surface area contributed by atoms with Crippen LogP contribution in [0.25, 0.3) is 0 Å². The van der Waals surface area contributed by atoms with Gasteiger partial charge in [0.25, 0.3) is 5.60 Å². The van der Waals surface area contributed by atoms with Crippen LogP contribution in [-0.4, -0.2) is 58.9 Å². The lowest BCUT2D eigenvalue weighted by Gasteiger charge is -2.33. The lowest BCUT2D eigenvalue weighted by Crippen LogP contribution is -2.52. The molecule has 178 valence electrons. The summed E-state index contributed by atoms with van der Waals surface area (Å²) in [7, 11) is 2.27. The van der Waals surface area contributed by atoms with E-state index in [2.05, 4.69) is 0 Å². The number of methoxy groups -OCH3 is 2. The average molecular weight is 460 g/mol. The van der Waals surface area contributed by atoms with Crippen LogP contribution in [0.2, 0.25) is 0 Å². The Balaban J connectivity index is 2.16. The van der Waals surface area contributed by atoms with Gasteiger partial charge in [-0.05, 0) is 0 Å². The third-order valence-corrected chi connectivity index (χ3v) is 5.28. The molecule has 1 aliphatic rings. The molecule has 0 aromatic heterocycles. The van der Waals surface area contributed by atoms with Crippen LogP contribution >= 0.6 is 0 Å². The zero-order valence-electron chi connectivity index (χ0n) is 18.1. The summed E-state index contributed by atoms with van der Waals surface area (Å²) >= 11 is 0. The van der Waals surface area contributed by atoms with Gasteiger partial charge in [0, 0.05) is 44.5 Å². The molecular weight excluding hydrogens is 433 g/mol. The molecule has 0 saturated carbocycles. The molecule has 0 saturated heterocycles. The van der Waals surface area contributed by atoms with Gasteiger partial charge in [-0.15, -0.1) is 0 Å². The molecule has 1 aliphatic carbocycles. The topological polar surface area (TPSA) is 80.3 Å². The Bertz CT molecular complexity index is 781. The van der Waals surface area contributed by atoms with E-state index in [4.69, 9.17) is 23.7 Å². The normalized spacial score (nSPS) is 22.4. The molecule has 1 aromatic carbocycles. The smallest absolute Gasteiger partial charge is 0.432 e. The van der Waals surface area contributed by atoms with Crippen molar-refractivity contribution in [2.24, 2.45) is 17.8 Å². The van der Waals surface area contributed by atoms with Gasteiger partial charge in [0.2, 0.25) is 0 Å². The lowest BCUT2D eigenvalue weighted by atomic mass is 9.89. The maximum absolute atomic E-state index is 14.0. The Morgan fingerprint density at radius 1 is 0.938 bits per heavy atom. The highest BCUT2D eigenvalue weighted by Crippen LogP contribution is 2.43. The minimum atomic E-state index is -5.05. The highest BCUT2D eigenvalue weighted by molar-refractivity contribution is 5.82. The summed E-state index contributed by atoms with van der Waals surface area (Å²) < 4.78 is 67.2. The fourth-order valence-electron chi connectivity index (χ4n) is 3.64. The zero-order valence-corrected chi connectivity index (χ0v) is 18.1. The number of esters is 2. The lowest BCUT2D eigenvalue weighted by molar-refractivity contribution is -0.276. The Morgan fingerprint density at radius 2 is 1.53 bits per heavy atom. The number of hydrogen-bond donors (Lipinski definition) is 0. The molecule has 0 bridgehead atoms. The summed E-state index contributed by atoms with van der Waals surface area (Å²) in [6.07, 6.45) is -1.57. The highest BCUT2D eigenvalue weighted by atomic mass is 19.4. The number of hydrogen-bond acceptors (Lipinski definition) is 7. The van der Waals surface area contributed by atoms with Crippen molar-refractivity contribution >= 4 is 11.9 Å². The Hall–Kier alpha value is -2.43. The average Bonchev–Trinajstić information content (AvgIpc) is 3.13. The van der Waals surface area contributed by atoms with Crippen LogP contribution in [0.3, 0.4) is 0 Å². The van der Waals surface area contributed by atoms with E-state index in [1.165, 1.54) is 32.2 Å². The molecule has 0 radical (unpaired) electrons. The molecule has 0 aliphatic heterocycles. The molecule has 2 rings (SSSR count). The van der Waals surface area contributed by atoms with E-state index in [9.17, 15) is 22.8 Å². The summed E-state index contributed by atoms with van der Waals surface area (Å²) in [6, 6.07) is 6.60. The molecule has 10 heteroatoms. The van der Waals surface area contributed by atoms with Gasteiger partial charge < -0.3 is 23.7 Å². The molecule has 0 amide bonds. The predicted octanol–water partition coefficient (Wildman–Crippen LogP) is 3.24. The molecule has 4 atom stereocenters. The number of halogens is 3. The fraction of sp³-hybridized carbons (Fsp3) is 0.545. The Kier molecular flexibility index (Phi) is 9.23. The number of alkyl halides is 3. The van der Waals surface area contributed by atoms with Crippen LogP contribution in [0.4, 0.5) is 13.2 Å². The number of ether oxygens (including phenoxy) is 5. The Labute approximate surface area is 184 Å². The zero-order chi connectivity index (χ0) is 23.8. The van der Waals surface area contributed by atoms with Crippen LogP contribution in [0, 0.1) is 17.8 Å². The van der Waals surface area contributed by atoms with E-state index in [0.717, 1.165) is 19.2 Å². The fourth-order valence-corrected chi connectivity index (χ4v) is 3.64. The molecule has 0 spiro atoms. The van der Waals surface area contributed by atoms with Crippen LogP contribution in [0.15, 0.2) is 42.5 Å². The second-order valence-electron chi connectivity index (χ2n) is 7.30. The third kappa shape index (κ3) is 5.87. The second kappa shape index (κ2) is 11.4. The molecule has 32 heavy (non-hydrogen) atoms. The molecule has 0 heterocycles. The van der Waals surface area contributed by atoms with Gasteiger partial charge in [-0.25, -0.2) is 4.79 Å². The van der Waals surface area contributed by atoms with Gasteiger partial charge >= 0.3 is 18.1 Å². The first-order valence-corrected chi connectivity index (χ1v) is 9.90. The van der Waals surface area contributed by atoms with Gasteiger partial charge in [0.15, 0.2) is 0 Å². The van der Waals surface area contributed by atoms with E-state index in [1.807, 2.05) is 0 Å². The van der Waals surface area contributed by atoms with Crippen LogP contribution in [0.5, 0.6) is 0 Å². The van der Waals surface area contributed by atoms with E-state index in [1.54, 1.807) is 12.2 Å². The SMILES string of the molecule is COCOC[C@@H]1[C@@H](COC(=O)[C@](OC)(c2ccccc2)C(F)(F)F)C=C[C@H]1COC(C)=O. The van der Waals surface area contributed by atoms with E-state index in [-0.39, 0.29) is 44.0 Å². The van der Waals surface area contributed by atoms with Crippen molar-refractivity contribution in [3.63, 3.8) is 0 Å². The van der Waals surface area contributed by atoms with Gasteiger partial charge in [-0.2, -0.15) is 13.2 Å². The van der Waals surface area contributed by atoms with Gasteiger partial charge in [0.05, 0.1) is 19.8 Å². The van der Waals surface area contributed by atoms with Crippen molar-refractivity contribution in [2.75, 3.05) is 40.8 Å². The maximum atomic E-state index is 14.0. The molecule has 0 N–H and O–H groups in total. The number of carbonyl (C=O) groups is 2. The molecule has 1 aromatic rings. The van der Waals surface area contributed by atoms with Crippen LogP contribution in [-0.2, 0) is 38.9 Å². The van der Waals surface area contributed by atoms with Crippen molar-refractivity contribution in [2.45, 2.75) is 18.7 Å². The van der Waals surface area contributed by atoms with Crippen molar-refractivity contribution < 1.29 is 46.4 Å². The first kappa shape index (κ1) is 25.8. The van der Waals surface area contributed by atoms with E-state index < -0.39 is 29.6 Å². The van der Waals surface area contributed by atoms with Crippen LogP contribution in [0.1, 0.15) is 12.5 Å². The van der Waals surface area contributed by atoms with Crippen molar-refractivity contribution in [3.05, 3.63) is 48.0 Å². The van der Waals surface area contributed by atoms with Crippen molar-refractivity contribution in [3.8, 4) is 0 Å². The Morgan fingerprint density at radius 3 is 2.03 bits per heavy atom. The summed E-state index contributed by atoms with van der Waals surface area (Å²) in [5, 5.41) is 0. The highest BCUT2D eigenvalue weighted by Gasteiger charge is 2.64. The first-order valence-electron chi connectivity index (χ1n) is 9.90. The third-order valence-electron chi connectivity index (χ3n) is 5.28. The summed E-state index contributed by atoms with van der Waals surface area (Å²) in [5.41, 5.74) is -3.63. The number of rotatable bonds is 11. The molecule has 0 fully saturated rings. The van der Waals surface area contributed by atoms with Gasteiger partial charge in [-0.1, -0.05) is 42.5 Å². The molecule has 7 nitrogen and oxygen atoms in total. The number of benzene rings is 1. The first-order chi connectivity index (χ1) is 15.2. The second-order valence-corrected chi connectivity index (χ2v) is 7.30. The number of carbonyl (C=O) groups excluding carboxylic acids is 2. The predicted molar refractivity (Wildman–Crippen MR) is 106 cm³/mol. The summed E-state index contributed by atoms with van der Waals surface area (Å²) in [4.78, 5) is 23.9. The summed E-state index contributed by atoms with van der Waals surface area (Å²) in [6.45, 7) is 1.20. The molecular formula is C22H27F3O7. The maximum Gasteiger partial charge on any atom is 0.432 e. The van der Waals surface area contributed by atoms with Gasteiger partial charge in [0.1, 0.15) is 6.79 Å². The minimum absolute atomic E-state index is 0.0121. The van der Waals surface area contributed by atoms with Crippen molar-refractivity contribution in [1.29, 1.82) is 0 Å². The summed E-state index contributed by atoms with van der Waals surface area (Å²) in [5.74, 6) is -3.01. The van der Waals surface area contributed by atoms with Crippen LogP contribution < -0.4 is 0 Å².